The van der Waals surface area contributed by atoms with Crippen molar-refractivity contribution in [2.24, 2.45) is 5.92 Å². The molecule has 6 nitrogen and oxygen atoms in total. The number of carbonyl (C=O) groups excluding carboxylic acids is 2. The van der Waals surface area contributed by atoms with Gasteiger partial charge in [-0.05, 0) is 36.6 Å². The maximum absolute atomic E-state index is 12.3. The van der Waals surface area contributed by atoms with E-state index in [0.717, 1.165) is 21.5 Å². The molecule has 0 aliphatic rings. The molecule has 148 valence electrons. The van der Waals surface area contributed by atoms with Crippen LogP contribution in [-0.4, -0.2) is 34.8 Å². The first-order chi connectivity index (χ1) is 13.3. The SMILES string of the molecule is Cc1nn(Cc2ccc(Cl)cc2)c2sc(C(=O)OCC(=O)NCC(C)C)cc12. The van der Waals surface area contributed by atoms with E-state index in [0.29, 0.717) is 28.9 Å². The van der Waals surface area contributed by atoms with Gasteiger partial charge in [-0.15, -0.1) is 11.3 Å². The van der Waals surface area contributed by atoms with Crippen LogP contribution in [-0.2, 0) is 16.1 Å². The second-order valence-corrected chi connectivity index (χ2v) is 8.44. The van der Waals surface area contributed by atoms with Crippen LogP contribution in [0.3, 0.4) is 0 Å². The fourth-order valence-corrected chi connectivity index (χ4v) is 3.84. The topological polar surface area (TPSA) is 73.2 Å². The fraction of sp³-hybridized carbons (Fsp3) is 0.350. The number of hydrogen-bond donors (Lipinski definition) is 1. The quantitative estimate of drug-likeness (QED) is 0.586. The minimum atomic E-state index is -0.502. The van der Waals surface area contributed by atoms with Gasteiger partial charge >= 0.3 is 5.97 Å². The predicted octanol–water partition coefficient (Wildman–Crippen LogP) is 4.04. The van der Waals surface area contributed by atoms with Gasteiger partial charge in [0, 0.05) is 17.0 Å². The second-order valence-electron chi connectivity index (χ2n) is 6.97. The Hall–Kier alpha value is -2.38. The highest BCUT2D eigenvalue weighted by atomic mass is 35.5. The summed E-state index contributed by atoms with van der Waals surface area (Å²) in [6.07, 6.45) is 0. The van der Waals surface area contributed by atoms with Crippen molar-refractivity contribution in [3.63, 3.8) is 0 Å². The van der Waals surface area contributed by atoms with E-state index < -0.39 is 5.97 Å². The van der Waals surface area contributed by atoms with E-state index in [4.69, 9.17) is 16.3 Å². The number of ether oxygens (including phenoxy) is 1. The Labute approximate surface area is 172 Å². The molecular formula is C20H22ClN3O3S. The van der Waals surface area contributed by atoms with Crippen LogP contribution in [0.1, 0.15) is 34.8 Å². The summed E-state index contributed by atoms with van der Waals surface area (Å²) in [5.41, 5.74) is 1.90. The van der Waals surface area contributed by atoms with Gasteiger partial charge in [0.25, 0.3) is 5.91 Å². The molecule has 0 aliphatic heterocycles. The third kappa shape index (κ3) is 4.91. The Morgan fingerprint density at radius 1 is 1.29 bits per heavy atom. The van der Waals surface area contributed by atoms with Gasteiger partial charge in [0.05, 0.1) is 12.2 Å². The predicted molar refractivity (Wildman–Crippen MR) is 111 cm³/mol. The van der Waals surface area contributed by atoms with Crippen molar-refractivity contribution < 1.29 is 14.3 Å². The lowest BCUT2D eigenvalue weighted by Crippen LogP contribution is -2.31. The monoisotopic (exact) mass is 419 g/mol. The van der Waals surface area contributed by atoms with Crippen LogP contribution >= 0.6 is 22.9 Å². The van der Waals surface area contributed by atoms with Crippen molar-refractivity contribution in [1.29, 1.82) is 0 Å². The Balaban J connectivity index is 1.70. The molecule has 1 aromatic carbocycles. The first-order valence-corrected chi connectivity index (χ1v) is 10.2. The minimum absolute atomic E-state index is 0.282. The second kappa shape index (κ2) is 8.75. The van der Waals surface area contributed by atoms with Crippen LogP contribution in [0.15, 0.2) is 30.3 Å². The molecule has 3 rings (SSSR count). The average molecular weight is 420 g/mol. The number of nitrogens with zero attached hydrogens (tertiary/aromatic N) is 2. The molecule has 0 bridgehead atoms. The van der Waals surface area contributed by atoms with Crippen molar-refractivity contribution in [1.82, 2.24) is 15.1 Å². The summed E-state index contributed by atoms with van der Waals surface area (Å²) in [5, 5.41) is 8.88. The van der Waals surface area contributed by atoms with Gasteiger partial charge in [0.15, 0.2) is 6.61 Å². The molecule has 2 heterocycles. The molecular weight excluding hydrogens is 398 g/mol. The Bertz CT molecular complexity index is 992. The van der Waals surface area contributed by atoms with Gasteiger partial charge in [0.1, 0.15) is 9.71 Å². The van der Waals surface area contributed by atoms with Crippen LogP contribution in [0.5, 0.6) is 0 Å². The van der Waals surface area contributed by atoms with E-state index in [1.54, 1.807) is 6.07 Å². The normalized spacial score (nSPS) is 11.2. The molecule has 28 heavy (non-hydrogen) atoms. The number of esters is 1. The van der Waals surface area contributed by atoms with Gasteiger partial charge in [-0.25, -0.2) is 4.79 Å². The summed E-state index contributed by atoms with van der Waals surface area (Å²) in [7, 11) is 0. The van der Waals surface area contributed by atoms with E-state index in [1.807, 2.05) is 49.7 Å². The summed E-state index contributed by atoms with van der Waals surface area (Å²) >= 11 is 7.25. The summed E-state index contributed by atoms with van der Waals surface area (Å²) in [6, 6.07) is 9.35. The van der Waals surface area contributed by atoms with Crippen LogP contribution in [0.4, 0.5) is 0 Å². The van der Waals surface area contributed by atoms with Gasteiger partial charge in [-0.2, -0.15) is 5.10 Å². The standard InChI is InChI=1S/C20H22ClN3O3S/c1-12(2)9-22-18(25)11-27-20(26)17-8-16-13(3)23-24(19(16)28-17)10-14-4-6-15(21)7-5-14/h4-8,12H,9-11H2,1-3H3,(H,22,25). The first-order valence-electron chi connectivity index (χ1n) is 8.98. The van der Waals surface area contributed by atoms with Crippen LogP contribution in [0, 0.1) is 12.8 Å². The Morgan fingerprint density at radius 3 is 2.68 bits per heavy atom. The molecule has 3 aromatic rings. The first kappa shape index (κ1) is 20.4. The average Bonchev–Trinajstić information content (AvgIpc) is 3.21. The van der Waals surface area contributed by atoms with Gasteiger partial charge in [-0.3, -0.25) is 9.48 Å². The van der Waals surface area contributed by atoms with E-state index in [9.17, 15) is 9.59 Å². The molecule has 0 saturated heterocycles. The number of aryl methyl sites for hydroxylation is 1. The van der Waals surface area contributed by atoms with Crippen molar-refractivity contribution in [3.8, 4) is 0 Å². The Morgan fingerprint density at radius 2 is 2.00 bits per heavy atom. The van der Waals surface area contributed by atoms with Crippen molar-refractivity contribution in [2.75, 3.05) is 13.2 Å². The lowest BCUT2D eigenvalue weighted by atomic mass is 10.2. The van der Waals surface area contributed by atoms with E-state index in [-0.39, 0.29) is 12.5 Å². The van der Waals surface area contributed by atoms with Crippen LogP contribution in [0.2, 0.25) is 5.02 Å². The summed E-state index contributed by atoms with van der Waals surface area (Å²) in [4.78, 5) is 25.4. The third-order valence-corrected chi connectivity index (χ3v) is 5.48. The molecule has 0 saturated carbocycles. The molecule has 0 aliphatic carbocycles. The highest BCUT2D eigenvalue weighted by Crippen LogP contribution is 2.29. The van der Waals surface area contributed by atoms with E-state index in [1.165, 1.54) is 11.3 Å². The highest BCUT2D eigenvalue weighted by Gasteiger charge is 2.18. The van der Waals surface area contributed by atoms with Crippen LogP contribution < -0.4 is 5.32 Å². The van der Waals surface area contributed by atoms with Gasteiger partial charge < -0.3 is 10.1 Å². The van der Waals surface area contributed by atoms with E-state index in [2.05, 4.69) is 10.4 Å². The maximum atomic E-state index is 12.3. The molecule has 0 radical (unpaired) electrons. The Kier molecular flexibility index (Phi) is 6.36. The lowest BCUT2D eigenvalue weighted by molar-refractivity contribution is -0.124. The molecule has 8 heteroatoms. The van der Waals surface area contributed by atoms with E-state index >= 15 is 0 Å². The molecule has 1 amide bonds. The van der Waals surface area contributed by atoms with Gasteiger partial charge in [0.2, 0.25) is 0 Å². The van der Waals surface area contributed by atoms with Crippen LogP contribution in [0.25, 0.3) is 10.2 Å². The zero-order valence-electron chi connectivity index (χ0n) is 16.0. The smallest absolute Gasteiger partial charge is 0.348 e. The van der Waals surface area contributed by atoms with Gasteiger partial charge in [-0.1, -0.05) is 37.6 Å². The number of thiophene rings is 1. The number of carbonyl (C=O) groups is 2. The lowest BCUT2D eigenvalue weighted by Gasteiger charge is -2.07. The molecule has 0 atom stereocenters. The molecule has 0 unspecified atom stereocenters. The van der Waals surface area contributed by atoms with Crippen molar-refractivity contribution >= 4 is 45.0 Å². The number of nitrogens with one attached hydrogen (secondary N) is 1. The minimum Gasteiger partial charge on any atom is -0.451 e. The summed E-state index contributed by atoms with van der Waals surface area (Å²) in [5.74, 6) is -0.458. The third-order valence-electron chi connectivity index (χ3n) is 4.10. The zero-order valence-corrected chi connectivity index (χ0v) is 17.6. The fourth-order valence-electron chi connectivity index (χ4n) is 2.65. The maximum Gasteiger partial charge on any atom is 0.348 e. The number of halogens is 1. The summed E-state index contributed by atoms with van der Waals surface area (Å²) in [6.45, 7) is 6.75. The molecule has 0 fully saturated rings. The van der Waals surface area contributed by atoms with Crippen molar-refractivity contribution in [3.05, 3.63) is 51.5 Å². The number of aromatic nitrogens is 2. The molecule has 0 spiro atoms. The largest absolute Gasteiger partial charge is 0.451 e. The number of fused-ring (bicyclic) bond motifs is 1. The summed E-state index contributed by atoms with van der Waals surface area (Å²) < 4.78 is 7.01. The zero-order chi connectivity index (χ0) is 20.3. The highest BCUT2D eigenvalue weighted by molar-refractivity contribution is 7.20. The number of rotatable bonds is 7. The molecule has 1 N–H and O–H groups in total. The van der Waals surface area contributed by atoms with Crippen molar-refractivity contribution in [2.45, 2.75) is 27.3 Å². The molecule has 2 aromatic heterocycles. The number of amides is 1. The number of benzene rings is 1. The number of hydrogen-bond acceptors (Lipinski definition) is 5.